The first-order valence-corrected chi connectivity index (χ1v) is 11.0. The van der Waals surface area contributed by atoms with Crippen molar-refractivity contribution >= 4 is 23.2 Å². The number of nitrogens with one attached hydrogen (secondary N) is 1. The van der Waals surface area contributed by atoms with Gasteiger partial charge in [0.25, 0.3) is 5.91 Å². The zero-order valence-corrected chi connectivity index (χ0v) is 18.7. The van der Waals surface area contributed by atoms with E-state index in [-0.39, 0.29) is 29.9 Å². The summed E-state index contributed by atoms with van der Waals surface area (Å²) in [5.74, 6) is -1.31. The van der Waals surface area contributed by atoms with Crippen molar-refractivity contribution in [2.75, 3.05) is 24.1 Å². The Morgan fingerprint density at radius 3 is 2.39 bits per heavy atom. The first-order valence-electron chi connectivity index (χ1n) is 11.0. The molecule has 3 rings (SSSR count). The fourth-order valence-corrected chi connectivity index (χ4v) is 4.61. The maximum atomic E-state index is 13.4. The molecule has 2 aliphatic rings. The number of allylic oxidation sites excluding steroid dienone is 4. The second kappa shape index (κ2) is 9.59. The molecule has 0 spiro atoms. The van der Waals surface area contributed by atoms with Gasteiger partial charge in [0.15, 0.2) is 0 Å². The van der Waals surface area contributed by atoms with Crippen LogP contribution in [0.3, 0.4) is 0 Å². The molecule has 180 valence electrons. The van der Waals surface area contributed by atoms with Gasteiger partial charge < -0.3 is 21.1 Å². The van der Waals surface area contributed by atoms with Crippen LogP contribution in [0.2, 0.25) is 0 Å². The van der Waals surface area contributed by atoms with Crippen molar-refractivity contribution in [1.82, 2.24) is 4.90 Å². The van der Waals surface area contributed by atoms with Gasteiger partial charge >= 0.3 is 6.18 Å². The van der Waals surface area contributed by atoms with Crippen molar-refractivity contribution in [3.63, 3.8) is 0 Å². The lowest BCUT2D eigenvalue weighted by Gasteiger charge is -2.42. The predicted molar refractivity (Wildman–Crippen MR) is 120 cm³/mol. The molecule has 6 nitrogen and oxygen atoms in total. The Hall–Kier alpha value is -2.81. The molecule has 3 atom stereocenters. The Bertz CT molecular complexity index is 952. The maximum absolute atomic E-state index is 13.4. The zero-order valence-electron chi connectivity index (χ0n) is 18.7. The average Bonchev–Trinajstić information content (AvgIpc) is 2.75. The molecule has 1 aromatic carbocycles. The van der Waals surface area contributed by atoms with Crippen molar-refractivity contribution in [2.24, 2.45) is 17.8 Å². The van der Waals surface area contributed by atoms with Gasteiger partial charge in [0.1, 0.15) is 5.60 Å². The van der Waals surface area contributed by atoms with Crippen LogP contribution in [0.25, 0.3) is 0 Å². The number of hydrogen-bond acceptors (Lipinski definition) is 4. The second-order valence-corrected chi connectivity index (χ2v) is 8.96. The minimum atomic E-state index is -4.67. The molecule has 33 heavy (non-hydrogen) atoms. The SMILES string of the molecule is CC(=O)N1CCC(C(O)(CC2C=CC=CC2C)C(=O)Nc2ccc(N)c(C(F)(F)F)c2)CC1. The number of rotatable bonds is 5. The van der Waals surface area contributed by atoms with Crippen LogP contribution >= 0.6 is 0 Å². The molecule has 0 aromatic heterocycles. The predicted octanol–water partition coefficient (Wildman–Crippen LogP) is 3.98. The molecule has 1 heterocycles. The van der Waals surface area contributed by atoms with Crippen molar-refractivity contribution in [3.8, 4) is 0 Å². The summed E-state index contributed by atoms with van der Waals surface area (Å²) in [6, 6.07) is 3.14. The number of nitrogens with zero attached hydrogens (tertiary/aromatic N) is 1. The number of nitrogen functional groups attached to an aromatic ring is 1. The lowest BCUT2D eigenvalue weighted by atomic mass is 9.71. The summed E-state index contributed by atoms with van der Waals surface area (Å²) in [7, 11) is 0. The van der Waals surface area contributed by atoms with E-state index < -0.39 is 34.9 Å². The number of benzene rings is 1. The molecular formula is C24H30F3N3O3. The number of likely N-dealkylation sites (tertiary alicyclic amines) is 1. The third-order valence-corrected chi connectivity index (χ3v) is 6.73. The molecule has 1 fully saturated rings. The lowest BCUT2D eigenvalue weighted by molar-refractivity contribution is -0.147. The van der Waals surface area contributed by atoms with Crippen molar-refractivity contribution < 1.29 is 27.9 Å². The molecule has 0 radical (unpaired) electrons. The quantitative estimate of drug-likeness (QED) is 0.573. The lowest BCUT2D eigenvalue weighted by Crippen LogP contribution is -2.54. The molecular weight excluding hydrogens is 435 g/mol. The molecule has 9 heteroatoms. The Morgan fingerprint density at radius 1 is 1.18 bits per heavy atom. The Labute approximate surface area is 191 Å². The molecule has 1 saturated heterocycles. The third kappa shape index (κ3) is 5.58. The van der Waals surface area contributed by atoms with Gasteiger partial charge in [-0.15, -0.1) is 0 Å². The van der Waals surface area contributed by atoms with Crippen LogP contribution < -0.4 is 11.1 Å². The van der Waals surface area contributed by atoms with Gasteiger partial charge in [0.05, 0.1) is 5.56 Å². The number of aliphatic hydroxyl groups is 1. The summed E-state index contributed by atoms with van der Waals surface area (Å²) in [6.45, 7) is 4.27. The normalized spacial score (nSPS) is 23.3. The van der Waals surface area contributed by atoms with E-state index in [0.29, 0.717) is 25.9 Å². The summed E-state index contributed by atoms with van der Waals surface area (Å²) < 4.78 is 39.8. The molecule has 4 N–H and O–H groups in total. The first kappa shape index (κ1) is 24.8. The molecule has 0 saturated carbocycles. The number of anilines is 2. The standard InChI is InChI=1S/C24H30F3N3O3/c1-15-5-3-4-6-17(15)14-23(33,18-9-11-30(12-10-18)16(2)31)22(32)29-19-7-8-21(28)20(13-19)24(25,26)27/h3-8,13,15,17-18,33H,9-12,14,28H2,1-2H3,(H,29,32). The van der Waals surface area contributed by atoms with E-state index in [2.05, 4.69) is 5.32 Å². The van der Waals surface area contributed by atoms with Crippen LogP contribution in [-0.2, 0) is 15.8 Å². The van der Waals surface area contributed by atoms with E-state index in [1.165, 1.54) is 13.0 Å². The Kier molecular flexibility index (Phi) is 7.21. The number of halogens is 3. The first-order chi connectivity index (χ1) is 15.4. The number of carbonyl (C=O) groups excluding carboxylic acids is 2. The van der Waals surface area contributed by atoms with Crippen LogP contribution in [0.15, 0.2) is 42.5 Å². The highest BCUT2D eigenvalue weighted by Gasteiger charge is 2.47. The molecule has 1 aromatic rings. The van der Waals surface area contributed by atoms with Crippen LogP contribution in [0.5, 0.6) is 0 Å². The minimum Gasteiger partial charge on any atom is -0.398 e. The van der Waals surface area contributed by atoms with Crippen LogP contribution in [0, 0.1) is 17.8 Å². The van der Waals surface area contributed by atoms with Crippen LogP contribution in [0.4, 0.5) is 24.5 Å². The van der Waals surface area contributed by atoms with Gasteiger partial charge in [-0.25, -0.2) is 0 Å². The molecule has 1 aliphatic heterocycles. The monoisotopic (exact) mass is 465 g/mol. The number of carbonyl (C=O) groups is 2. The summed E-state index contributed by atoms with van der Waals surface area (Å²) in [5, 5.41) is 14.2. The molecule has 2 amide bonds. The Balaban J connectivity index is 1.87. The molecule has 0 bridgehead atoms. The number of hydrogen-bond donors (Lipinski definition) is 3. The summed E-state index contributed by atoms with van der Waals surface area (Å²) in [5.41, 5.74) is 2.05. The van der Waals surface area contributed by atoms with E-state index in [1.54, 1.807) is 4.90 Å². The van der Waals surface area contributed by atoms with Crippen molar-refractivity contribution in [3.05, 3.63) is 48.1 Å². The fraction of sp³-hybridized carbons (Fsp3) is 0.500. The third-order valence-electron chi connectivity index (χ3n) is 6.73. The zero-order chi connectivity index (χ0) is 24.4. The van der Waals surface area contributed by atoms with Gasteiger partial charge in [0, 0.05) is 37.3 Å². The number of alkyl halides is 3. The highest BCUT2D eigenvalue weighted by molar-refractivity contribution is 5.97. The number of nitrogens with two attached hydrogens (primary N) is 1. The molecule has 1 aliphatic carbocycles. The summed E-state index contributed by atoms with van der Waals surface area (Å²) in [6.07, 6.45) is 3.95. The average molecular weight is 466 g/mol. The van der Waals surface area contributed by atoms with Crippen molar-refractivity contribution in [2.45, 2.75) is 44.9 Å². The fourth-order valence-electron chi connectivity index (χ4n) is 4.61. The van der Waals surface area contributed by atoms with Crippen LogP contribution in [0.1, 0.15) is 38.7 Å². The van der Waals surface area contributed by atoms with Gasteiger partial charge in [0.2, 0.25) is 5.91 Å². The van der Waals surface area contributed by atoms with E-state index >= 15 is 0 Å². The highest BCUT2D eigenvalue weighted by Crippen LogP contribution is 2.39. The van der Waals surface area contributed by atoms with E-state index in [1.807, 2.05) is 31.2 Å². The maximum Gasteiger partial charge on any atom is 0.418 e. The number of piperidine rings is 1. The summed E-state index contributed by atoms with van der Waals surface area (Å²) >= 11 is 0. The van der Waals surface area contributed by atoms with Crippen molar-refractivity contribution in [1.29, 1.82) is 0 Å². The topological polar surface area (TPSA) is 95.7 Å². The van der Waals surface area contributed by atoms with Crippen LogP contribution in [-0.4, -0.2) is 40.5 Å². The largest absolute Gasteiger partial charge is 0.418 e. The number of amides is 2. The van der Waals surface area contributed by atoms with Gasteiger partial charge in [-0.05, 0) is 49.3 Å². The van der Waals surface area contributed by atoms with Gasteiger partial charge in [-0.3, -0.25) is 9.59 Å². The van der Waals surface area contributed by atoms with E-state index in [9.17, 15) is 27.9 Å². The highest BCUT2D eigenvalue weighted by atomic mass is 19.4. The summed E-state index contributed by atoms with van der Waals surface area (Å²) in [4.78, 5) is 26.7. The smallest absolute Gasteiger partial charge is 0.398 e. The minimum absolute atomic E-state index is 0.0723. The second-order valence-electron chi connectivity index (χ2n) is 8.96. The Morgan fingerprint density at radius 2 is 1.82 bits per heavy atom. The van der Waals surface area contributed by atoms with Gasteiger partial charge in [-0.1, -0.05) is 31.2 Å². The van der Waals surface area contributed by atoms with E-state index in [4.69, 9.17) is 5.73 Å². The molecule has 3 unspecified atom stereocenters. The van der Waals surface area contributed by atoms with E-state index in [0.717, 1.165) is 12.1 Å². The van der Waals surface area contributed by atoms with Gasteiger partial charge in [-0.2, -0.15) is 13.2 Å².